The van der Waals surface area contributed by atoms with E-state index in [0.29, 0.717) is 54.1 Å². The van der Waals surface area contributed by atoms with E-state index in [1.165, 1.54) is 32.1 Å². The smallest absolute Gasteiger partial charge is 0.225 e. The highest BCUT2D eigenvalue weighted by molar-refractivity contribution is 5.91. The number of ether oxygens (including phenoxy) is 3. The number of methoxy groups -OCH3 is 3. The zero-order valence-electron chi connectivity index (χ0n) is 19.7. The molecule has 2 fully saturated rings. The third-order valence-electron chi connectivity index (χ3n) is 6.52. The van der Waals surface area contributed by atoms with Crippen LogP contribution in [0.1, 0.15) is 44.9 Å². The Bertz CT molecular complexity index is 746. The molecule has 2 amide bonds. The van der Waals surface area contributed by atoms with Gasteiger partial charge in [0.25, 0.3) is 0 Å². The summed E-state index contributed by atoms with van der Waals surface area (Å²) >= 11 is 0. The molecule has 0 atom stereocenters. The molecule has 0 spiro atoms. The average Bonchev–Trinajstić information content (AvgIpc) is 2.83. The molecule has 8 heteroatoms. The van der Waals surface area contributed by atoms with Crippen molar-refractivity contribution in [1.29, 1.82) is 0 Å². The van der Waals surface area contributed by atoms with Crippen molar-refractivity contribution in [1.82, 2.24) is 9.80 Å². The third-order valence-corrected chi connectivity index (χ3v) is 6.52. The lowest BCUT2D eigenvalue weighted by Gasteiger charge is -2.35. The van der Waals surface area contributed by atoms with E-state index < -0.39 is 0 Å². The highest BCUT2D eigenvalue weighted by Crippen LogP contribution is 2.39. The van der Waals surface area contributed by atoms with Crippen LogP contribution >= 0.6 is 0 Å². The first-order valence-electron chi connectivity index (χ1n) is 11.6. The number of hydrogen-bond acceptors (Lipinski definition) is 6. The molecule has 8 nitrogen and oxygen atoms in total. The quantitative estimate of drug-likeness (QED) is 0.626. The van der Waals surface area contributed by atoms with Gasteiger partial charge in [0, 0.05) is 63.4 Å². The Kier molecular flexibility index (Phi) is 9.02. The van der Waals surface area contributed by atoms with Crippen LogP contribution in [-0.2, 0) is 9.59 Å². The van der Waals surface area contributed by atoms with Gasteiger partial charge in [0.05, 0.1) is 21.3 Å². The third kappa shape index (κ3) is 6.51. The van der Waals surface area contributed by atoms with Crippen molar-refractivity contribution >= 4 is 17.5 Å². The minimum Gasteiger partial charge on any atom is -0.493 e. The number of piperazine rings is 1. The average molecular weight is 448 g/mol. The number of carbonyl (C=O) groups excluding carboxylic acids is 2. The lowest BCUT2D eigenvalue weighted by Crippen LogP contribution is -2.49. The van der Waals surface area contributed by atoms with Gasteiger partial charge < -0.3 is 24.4 Å². The second-order valence-corrected chi connectivity index (χ2v) is 8.64. The molecule has 0 aromatic heterocycles. The molecule has 1 aliphatic carbocycles. The number of amides is 2. The van der Waals surface area contributed by atoms with Gasteiger partial charge in [-0.05, 0) is 18.8 Å². The Hall–Kier alpha value is -2.48. The Morgan fingerprint density at radius 2 is 1.56 bits per heavy atom. The second-order valence-electron chi connectivity index (χ2n) is 8.64. The molecule has 1 aromatic rings. The lowest BCUT2D eigenvalue weighted by molar-refractivity contribution is -0.134. The van der Waals surface area contributed by atoms with Gasteiger partial charge in [-0.3, -0.25) is 14.5 Å². The van der Waals surface area contributed by atoms with Gasteiger partial charge in [0.1, 0.15) is 0 Å². The molecular weight excluding hydrogens is 410 g/mol. The van der Waals surface area contributed by atoms with Crippen LogP contribution in [0.3, 0.4) is 0 Å². The summed E-state index contributed by atoms with van der Waals surface area (Å²) in [4.78, 5) is 29.3. The van der Waals surface area contributed by atoms with Crippen LogP contribution in [0.25, 0.3) is 0 Å². The minimum absolute atomic E-state index is 0.0740. The first kappa shape index (κ1) is 24.2. The van der Waals surface area contributed by atoms with Crippen molar-refractivity contribution in [3.05, 3.63) is 12.1 Å². The summed E-state index contributed by atoms with van der Waals surface area (Å²) in [5.41, 5.74) is 0.600. The highest BCUT2D eigenvalue weighted by atomic mass is 16.5. The highest BCUT2D eigenvalue weighted by Gasteiger charge is 2.24. The van der Waals surface area contributed by atoms with Crippen LogP contribution in [0.2, 0.25) is 0 Å². The molecule has 1 heterocycles. The summed E-state index contributed by atoms with van der Waals surface area (Å²) in [6.45, 7) is 3.79. The normalized spacial score (nSPS) is 17.7. The number of benzene rings is 1. The first-order valence-corrected chi connectivity index (χ1v) is 11.6. The van der Waals surface area contributed by atoms with Gasteiger partial charge in [0.15, 0.2) is 11.5 Å². The number of hydrogen-bond donors (Lipinski definition) is 1. The Labute approximate surface area is 191 Å². The summed E-state index contributed by atoms with van der Waals surface area (Å²) in [5.74, 6) is 2.29. The van der Waals surface area contributed by atoms with Gasteiger partial charge in [-0.15, -0.1) is 0 Å². The van der Waals surface area contributed by atoms with Crippen LogP contribution in [0.5, 0.6) is 17.2 Å². The van der Waals surface area contributed by atoms with E-state index in [0.717, 1.165) is 26.2 Å². The van der Waals surface area contributed by atoms with Crippen LogP contribution in [0, 0.1) is 5.92 Å². The summed E-state index contributed by atoms with van der Waals surface area (Å²) in [6, 6.07) is 3.44. The topological polar surface area (TPSA) is 80.3 Å². The summed E-state index contributed by atoms with van der Waals surface area (Å²) in [7, 11) is 4.63. The van der Waals surface area contributed by atoms with E-state index in [-0.39, 0.29) is 5.91 Å². The molecule has 0 radical (unpaired) electrons. The molecule has 178 valence electrons. The van der Waals surface area contributed by atoms with E-state index in [9.17, 15) is 9.59 Å². The maximum atomic E-state index is 12.6. The molecular formula is C24H37N3O5. The molecule has 0 bridgehead atoms. The van der Waals surface area contributed by atoms with Gasteiger partial charge in [-0.2, -0.15) is 0 Å². The Morgan fingerprint density at radius 1 is 0.938 bits per heavy atom. The van der Waals surface area contributed by atoms with Crippen LogP contribution < -0.4 is 19.5 Å². The standard InChI is InChI=1S/C24H37N3O5/c1-30-20-16-19(17-21(31-2)24(20)32-3)25-22(28)9-10-26-11-13-27(14-12-26)23(29)15-18-7-5-4-6-8-18/h16-18H,4-15H2,1-3H3,(H,25,28). The van der Waals surface area contributed by atoms with Crippen molar-refractivity contribution in [2.75, 3.05) is 59.4 Å². The fraction of sp³-hybridized carbons (Fsp3) is 0.667. The number of anilines is 1. The fourth-order valence-electron chi connectivity index (χ4n) is 4.62. The lowest BCUT2D eigenvalue weighted by atomic mass is 9.86. The Balaban J connectivity index is 1.42. The molecule has 3 rings (SSSR count). The molecule has 1 saturated carbocycles. The number of rotatable bonds is 9. The molecule has 32 heavy (non-hydrogen) atoms. The van der Waals surface area contributed by atoms with Crippen LogP contribution in [0.4, 0.5) is 5.69 Å². The summed E-state index contributed by atoms with van der Waals surface area (Å²) in [6.07, 6.45) is 7.34. The van der Waals surface area contributed by atoms with E-state index in [2.05, 4.69) is 10.2 Å². The molecule has 2 aliphatic rings. The first-order chi connectivity index (χ1) is 15.5. The predicted octanol–water partition coefficient (Wildman–Crippen LogP) is 3.16. The van der Waals surface area contributed by atoms with E-state index in [1.807, 2.05) is 4.90 Å². The maximum absolute atomic E-state index is 12.6. The molecule has 1 saturated heterocycles. The van der Waals surface area contributed by atoms with Crippen molar-refractivity contribution in [2.45, 2.75) is 44.9 Å². The van der Waals surface area contributed by atoms with Crippen molar-refractivity contribution in [2.24, 2.45) is 5.92 Å². The largest absolute Gasteiger partial charge is 0.493 e. The van der Waals surface area contributed by atoms with Crippen LogP contribution in [-0.4, -0.2) is 75.7 Å². The Morgan fingerprint density at radius 3 is 2.12 bits per heavy atom. The monoisotopic (exact) mass is 447 g/mol. The van der Waals surface area contributed by atoms with E-state index >= 15 is 0 Å². The van der Waals surface area contributed by atoms with Crippen LogP contribution in [0.15, 0.2) is 12.1 Å². The summed E-state index contributed by atoms with van der Waals surface area (Å²) in [5, 5.41) is 2.91. The molecule has 1 aliphatic heterocycles. The SMILES string of the molecule is COc1cc(NC(=O)CCN2CCN(C(=O)CC3CCCCC3)CC2)cc(OC)c1OC. The second kappa shape index (κ2) is 11.9. The summed E-state index contributed by atoms with van der Waals surface area (Å²) < 4.78 is 16.0. The fourth-order valence-corrected chi connectivity index (χ4v) is 4.62. The van der Waals surface area contributed by atoms with Crippen molar-refractivity contribution < 1.29 is 23.8 Å². The number of carbonyl (C=O) groups is 2. The van der Waals surface area contributed by atoms with Gasteiger partial charge >= 0.3 is 0 Å². The molecule has 1 N–H and O–H groups in total. The van der Waals surface area contributed by atoms with Gasteiger partial charge in [0.2, 0.25) is 17.6 Å². The maximum Gasteiger partial charge on any atom is 0.225 e. The van der Waals surface area contributed by atoms with Crippen molar-refractivity contribution in [3.63, 3.8) is 0 Å². The predicted molar refractivity (Wildman–Crippen MR) is 124 cm³/mol. The minimum atomic E-state index is -0.0740. The van der Waals surface area contributed by atoms with E-state index in [1.54, 1.807) is 33.5 Å². The number of nitrogens with one attached hydrogen (secondary N) is 1. The zero-order valence-corrected chi connectivity index (χ0v) is 19.7. The van der Waals surface area contributed by atoms with Crippen molar-refractivity contribution in [3.8, 4) is 17.2 Å². The van der Waals surface area contributed by atoms with Gasteiger partial charge in [-0.25, -0.2) is 0 Å². The zero-order chi connectivity index (χ0) is 22.9. The van der Waals surface area contributed by atoms with Gasteiger partial charge in [-0.1, -0.05) is 19.3 Å². The molecule has 1 aromatic carbocycles. The van der Waals surface area contributed by atoms with E-state index in [4.69, 9.17) is 14.2 Å². The number of nitrogens with zero attached hydrogens (tertiary/aromatic N) is 2. The molecule has 0 unspecified atom stereocenters.